The molecule has 1 aromatic heterocycles. The Labute approximate surface area is 140 Å². The van der Waals surface area contributed by atoms with Crippen molar-refractivity contribution in [1.82, 2.24) is 4.98 Å². The molecule has 21 heavy (non-hydrogen) atoms. The van der Waals surface area contributed by atoms with Crippen LogP contribution >= 0.6 is 46.3 Å². The van der Waals surface area contributed by atoms with E-state index in [4.69, 9.17) is 28.6 Å². The van der Waals surface area contributed by atoms with E-state index in [-0.39, 0.29) is 0 Å². The number of nitrogens with zero attached hydrogens (tertiary/aromatic N) is 1. The Kier molecular flexibility index (Phi) is 4.26. The van der Waals surface area contributed by atoms with Gasteiger partial charge in [-0.3, -0.25) is 0 Å². The first-order chi connectivity index (χ1) is 10.1. The molecular formula is C14H11Cl2N3S2. The molecule has 7 heteroatoms. The number of halogens is 2. The summed E-state index contributed by atoms with van der Waals surface area (Å²) < 4.78 is 1.17. The van der Waals surface area contributed by atoms with Crippen molar-refractivity contribution in [2.45, 2.75) is 16.4 Å². The van der Waals surface area contributed by atoms with E-state index in [1.807, 2.05) is 12.1 Å². The second kappa shape index (κ2) is 6.01. The summed E-state index contributed by atoms with van der Waals surface area (Å²) in [5.41, 5.74) is 3.15. The van der Waals surface area contributed by atoms with Crippen LogP contribution in [0.1, 0.15) is 17.7 Å². The van der Waals surface area contributed by atoms with Crippen LogP contribution in [0.15, 0.2) is 28.6 Å². The normalized spacial score (nSPS) is 16.6. The lowest BCUT2D eigenvalue weighted by molar-refractivity contribution is 1.08. The highest BCUT2D eigenvalue weighted by Crippen LogP contribution is 2.53. The molecule has 0 bridgehead atoms. The van der Waals surface area contributed by atoms with E-state index in [1.165, 1.54) is 10.4 Å². The maximum atomic E-state index is 6.96. The van der Waals surface area contributed by atoms with Crippen molar-refractivity contribution >= 4 is 57.6 Å². The van der Waals surface area contributed by atoms with Crippen molar-refractivity contribution in [3.8, 4) is 11.3 Å². The third-order valence-electron chi connectivity index (χ3n) is 3.06. The van der Waals surface area contributed by atoms with E-state index in [0.717, 1.165) is 22.0 Å². The topological polar surface area (TPSA) is 48.8 Å². The molecule has 0 radical (unpaired) electrons. The van der Waals surface area contributed by atoms with Gasteiger partial charge in [0.15, 0.2) is 5.13 Å². The Balaban J connectivity index is 2.06. The molecule has 108 valence electrons. The number of aromatic nitrogens is 1. The van der Waals surface area contributed by atoms with Crippen molar-refractivity contribution in [2.24, 2.45) is 0 Å². The van der Waals surface area contributed by atoms with Crippen LogP contribution in [0, 0.1) is 5.41 Å². The molecule has 3 nitrogen and oxygen atoms in total. The molecule has 1 aliphatic rings. The number of hydrogen-bond acceptors (Lipinski definition) is 5. The summed E-state index contributed by atoms with van der Waals surface area (Å²) in [5, 5.41) is 12.3. The number of allylic oxidation sites excluding steroid dienone is 1. The molecule has 0 amide bonds. The lowest BCUT2D eigenvalue weighted by atomic mass is 10.0. The molecule has 0 saturated carbocycles. The summed E-state index contributed by atoms with van der Waals surface area (Å²) in [7, 11) is 0. The average Bonchev–Trinajstić information content (AvgIpc) is 2.84. The molecule has 2 N–H and O–H groups in total. The van der Waals surface area contributed by atoms with Gasteiger partial charge in [0.05, 0.1) is 19.9 Å². The summed E-state index contributed by atoms with van der Waals surface area (Å²) in [6.45, 7) is 2.15. The Morgan fingerprint density at radius 2 is 2.10 bits per heavy atom. The van der Waals surface area contributed by atoms with Gasteiger partial charge in [0, 0.05) is 23.2 Å². The van der Waals surface area contributed by atoms with E-state index in [9.17, 15) is 0 Å². The van der Waals surface area contributed by atoms with Gasteiger partial charge in [0.1, 0.15) is 0 Å². The molecule has 0 aliphatic carbocycles. The smallest absolute Gasteiger partial charge is 0.188 e. The standard InChI is InChI=1S/C14H11Cl2N3S2/c1-7-8-5-10(15)11(16)6-9(8)12-13(20-7)21-14(19-12)18-4-2-3-17/h2-7,17H,1H3,(H,18,19)/b4-2-,17-3?. The Morgan fingerprint density at radius 3 is 2.86 bits per heavy atom. The van der Waals surface area contributed by atoms with E-state index in [0.29, 0.717) is 15.3 Å². The number of anilines is 1. The fourth-order valence-corrected chi connectivity index (χ4v) is 4.91. The second-order valence-electron chi connectivity index (χ2n) is 4.44. The highest BCUT2D eigenvalue weighted by atomic mass is 35.5. The minimum atomic E-state index is 0.313. The van der Waals surface area contributed by atoms with Crippen molar-refractivity contribution in [2.75, 3.05) is 5.32 Å². The van der Waals surface area contributed by atoms with Crippen LogP contribution in [0.5, 0.6) is 0 Å². The number of nitrogens with one attached hydrogen (secondary N) is 2. The van der Waals surface area contributed by atoms with Gasteiger partial charge in [0.2, 0.25) is 0 Å². The van der Waals surface area contributed by atoms with Crippen LogP contribution in [0.4, 0.5) is 5.13 Å². The molecule has 0 spiro atoms. The molecular weight excluding hydrogens is 345 g/mol. The van der Waals surface area contributed by atoms with Crippen molar-refractivity contribution in [1.29, 1.82) is 5.41 Å². The second-order valence-corrected chi connectivity index (χ2v) is 7.86. The van der Waals surface area contributed by atoms with Gasteiger partial charge in [-0.1, -0.05) is 34.5 Å². The predicted octanol–water partition coefficient (Wildman–Crippen LogP) is 5.86. The molecule has 2 heterocycles. The van der Waals surface area contributed by atoms with Crippen LogP contribution in [0.2, 0.25) is 10.0 Å². The van der Waals surface area contributed by atoms with Gasteiger partial charge in [-0.25, -0.2) is 4.98 Å². The first-order valence-electron chi connectivity index (χ1n) is 6.19. The fraction of sp³-hybridized carbons (Fsp3) is 0.143. The number of fused-ring (bicyclic) bond motifs is 3. The van der Waals surface area contributed by atoms with E-state index in [2.05, 4.69) is 17.2 Å². The number of hydrogen-bond donors (Lipinski definition) is 2. The summed E-state index contributed by atoms with van der Waals surface area (Å²) in [5.74, 6) is 0. The SMILES string of the molecule is CC1Sc2sc(N/C=C\C=N)nc2-c2cc(Cl)c(Cl)cc21. The molecule has 2 aromatic rings. The maximum absolute atomic E-state index is 6.96. The highest BCUT2D eigenvalue weighted by Gasteiger charge is 2.27. The molecule has 0 fully saturated rings. The summed E-state index contributed by atoms with van der Waals surface area (Å²) in [6, 6.07) is 3.83. The molecule has 1 atom stereocenters. The van der Waals surface area contributed by atoms with Gasteiger partial charge in [-0.2, -0.15) is 0 Å². The zero-order valence-corrected chi connectivity index (χ0v) is 14.1. The molecule has 3 rings (SSSR count). The fourth-order valence-electron chi connectivity index (χ4n) is 2.11. The minimum absolute atomic E-state index is 0.313. The molecule has 1 unspecified atom stereocenters. The zero-order valence-electron chi connectivity index (χ0n) is 11.0. The van der Waals surface area contributed by atoms with Gasteiger partial charge < -0.3 is 10.7 Å². The van der Waals surface area contributed by atoms with E-state index < -0.39 is 0 Å². The largest absolute Gasteiger partial charge is 0.338 e. The summed E-state index contributed by atoms with van der Waals surface area (Å²) in [6.07, 6.45) is 4.52. The molecule has 1 aromatic carbocycles. The summed E-state index contributed by atoms with van der Waals surface area (Å²) >= 11 is 15.7. The lowest BCUT2D eigenvalue weighted by Gasteiger charge is -2.21. The van der Waals surface area contributed by atoms with Crippen molar-refractivity contribution in [3.63, 3.8) is 0 Å². The first-order valence-corrected chi connectivity index (χ1v) is 8.64. The summed E-state index contributed by atoms with van der Waals surface area (Å²) in [4.78, 5) is 4.63. The van der Waals surface area contributed by atoms with Gasteiger partial charge >= 0.3 is 0 Å². The van der Waals surface area contributed by atoms with E-state index >= 15 is 0 Å². The average molecular weight is 356 g/mol. The quantitative estimate of drug-likeness (QED) is 0.677. The van der Waals surface area contributed by atoms with Crippen LogP contribution in [0.25, 0.3) is 11.3 Å². The Bertz CT molecular complexity index is 740. The van der Waals surface area contributed by atoms with Crippen LogP contribution in [0.3, 0.4) is 0 Å². The van der Waals surface area contributed by atoms with Gasteiger partial charge in [-0.15, -0.1) is 11.8 Å². The van der Waals surface area contributed by atoms with Crippen LogP contribution in [-0.4, -0.2) is 11.2 Å². The maximum Gasteiger partial charge on any atom is 0.188 e. The van der Waals surface area contributed by atoms with Crippen LogP contribution < -0.4 is 5.32 Å². The van der Waals surface area contributed by atoms with Gasteiger partial charge in [0.25, 0.3) is 0 Å². The first kappa shape index (κ1) is 14.9. The Hall–Kier alpha value is -1.01. The van der Waals surface area contributed by atoms with Crippen molar-refractivity contribution < 1.29 is 0 Å². The number of thioether (sulfide) groups is 1. The minimum Gasteiger partial charge on any atom is -0.338 e. The number of rotatable bonds is 3. The molecule has 1 aliphatic heterocycles. The van der Waals surface area contributed by atoms with Crippen molar-refractivity contribution in [3.05, 3.63) is 40.0 Å². The van der Waals surface area contributed by atoms with E-state index in [1.54, 1.807) is 35.4 Å². The van der Waals surface area contributed by atoms with Gasteiger partial charge in [-0.05, 0) is 30.7 Å². The highest BCUT2D eigenvalue weighted by molar-refractivity contribution is 8.01. The predicted molar refractivity (Wildman–Crippen MR) is 93.4 cm³/mol. The monoisotopic (exact) mass is 355 g/mol. The third-order valence-corrected chi connectivity index (χ3v) is 6.12. The molecule has 0 saturated heterocycles. The third kappa shape index (κ3) is 2.83. The number of benzene rings is 1. The van der Waals surface area contributed by atoms with Crippen LogP contribution in [-0.2, 0) is 0 Å². The zero-order chi connectivity index (χ0) is 15.0. The lowest BCUT2D eigenvalue weighted by Crippen LogP contribution is -1.99. The Morgan fingerprint density at radius 1 is 1.33 bits per heavy atom. The number of thiazole rings is 1.